The van der Waals surface area contributed by atoms with Crippen molar-refractivity contribution in [2.24, 2.45) is 10.2 Å². The van der Waals surface area contributed by atoms with Crippen LogP contribution in [0, 0.1) is 0 Å². The molecule has 2 rings (SSSR count). The molecular weight excluding hydrogens is 400 g/mol. The molecule has 0 spiro atoms. The predicted octanol–water partition coefficient (Wildman–Crippen LogP) is 5.88. The SMILES string of the molecule is O=C(O)S.O=C(O)S.O=C(O)S.c1ccc(/N=N/c2ccccc2)cc1. The van der Waals surface area contributed by atoms with Gasteiger partial charge in [0.05, 0.1) is 11.4 Å². The summed E-state index contributed by atoms with van der Waals surface area (Å²) >= 11 is 8.65. The number of rotatable bonds is 2. The summed E-state index contributed by atoms with van der Waals surface area (Å²) in [5, 5.41) is 26.6. The molecule has 0 amide bonds. The maximum Gasteiger partial charge on any atom is 0.361 e. The summed E-state index contributed by atoms with van der Waals surface area (Å²) in [4.78, 5) is 26.6. The van der Waals surface area contributed by atoms with E-state index in [2.05, 4.69) is 48.1 Å². The second kappa shape index (κ2) is 17.3. The number of benzene rings is 2. The number of carboxylic acid groups (broad SMARTS) is 3. The summed E-state index contributed by atoms with van der Waals surface area (Å²) in [6.07, 6.45) is 0. The van der Waals surface area contributed by atoms with E-state index in [1.54, 1.807) is 0 Å². The first-order valence-electron chi connectivity index (χ1n) is 6.42. The maximum atomic E-state index is 8.86. The van der Waals surface area contributed by atoms with Gasteiger partial charge in [0, 0.05) is 0 Å². The van der Waals surface area contributed by atoms with Gasteiger partial charge in [-0.15, -0.1) is 0 Å². The zero-order chi connectivity index (χ0) is 20.4. The van der Waals surface area contributed by atoms with Gasteiger partial charge in [-0.2, -0.15) is 10.2 Å². The van der Waals surface area contributed by atoms with E-state index >= 15 is 0 Å². The third-order valence-electron chi connectivity index (χ3n) is 1.79. The monoisotopic (exact) mass is 416 g/mol. The van der Waals surface area contributed by atoms with Gasteiger partial charge in [-0.1, -0.05) is 74.3 Å². The van der Waals surface area contributed by atoms with Crippen LogP contribution in [0.3, 0.4) is 0 Å². The van der Waals surface area contributed by atoms with Gasteiger partial charge in [-0.3, -0.25) is 0 Å². The van der Waals surface area contributed by atoms with Crippen molar-refractivity contribution in [2.45, 2.75) is 0 Å². The van der Waals surface area contributed by atoms with Crippen LogP contribution >= 0.6 is 37.9 Å². The molecular formula is C15H16N2O6S3. The largest absolute Gasteiger partial charge is 0.473 e. The standard InChI is InChI=1S/C12H10N2.3CH2O2S/c1-3-7-11(8-4-1)13-14-12-9-5-2-6-10-12;3*2-1(3)4/h1-10H;3*4H,(H,2,3)/b14-13+;;;. The van der Waals surface area contributed by atoms with Crippen molar-refractivity contribution >= 4 is 65.2 Å². The average molecular weight is 417 g/mol. The Morgan fingerprint density at radius 2 is 0.769 bits per heavy atom. The molecule has 3 N–H and O–H groups in total. The van der Waals surface area contributed by atoms with E-state index < -0.39 is 15.9 Å². The normalized spacial score (nSPS) is 8.58. The molecule has 0 aliphatic carbocycles. The third-order valence-corrected chi connectivity index (χ3v) is 1.79. The van der Waals surface area contributed by atoms with Crippen molar-refractivity contribution < 1.29 is 29.7 Å². The fourth-order valence-corrected chi connectivity index (χ4v) is 1.10. The first-order chi connectivity index (χ1) is 12.1. The highest BCUT2D eigenvalue weighted by atomic mass is 32.1. The molecule has 2 aromatic carbocycles. The lowest BCUT2D eigenvalue weighted by molar-refractivity contribution is 0.221. The molecule has 0 unspecified atom stereocenters. The molecule has 140 valence electrons. The van der Waals surface area contributed by atoms with Crippen molar-refractivity contribution in [3.63, 3.8) is 0 Å². The van der Waals surface area contributed by atoms with Crippen molar-refractivity contribution in [1.82, 2.24) is 0 Å². The van der Waals surface area contributed by atoms with Crippen LogP contribution in [0.1, 0.15) is 0 Å². The van der Waals surface area contributed by atoms with Crippen molar-refractivity contribution in [2.75, 3.05) is 0 Å². The molecule has 0 aliphatic heterocycles. The second-order valence-corrected chi connectivity index (χ2v) is 4.87. The van der Waals surface area contributed by atoms with Gasteiger partial charge in [-0.05, 0) is 24.3 Å². The van der Waals surface area contributed by atoms with Crippen molar-refractivity contribution in [3.05, 3.63) is 60.7 Å². The first-order valence-corrected chi connectivity index (χ1v) is 7.76. The van der Waals surface area contributed by atoms with Gasteiger partial charge in [0.15, 0.2) is 0 Å². The fraction of sp³-hybridized carbons (Fsp3) is 0. The lowest BCUT2D eigenvalue weighted by atomic mass is 10.3. The molecule has 0 heterocycles. The lowest BCUT2D eigenvalue weighted by Crippen LogP contribution is -1.67. The van der Waals surface area contributed by atoms with Crippen LogP contribution in [-0.2, 0) is 0 Å². The van der Waals surface area contributed by atoms with E-state index in [0.717, 1.165) is 11.4 Å². The summed E-state index contributed by atoms with van der Waals surface area (Å²) in [7, 11) is 0. The van der Waals surface area contributed by atoms with E-state index in [1.165, 1.54) is 0 Å². The van der Waals surface area contributed by atoms with Crippen LogP contribution in [0.15, 0.2) is 70.9 Å². The number of hydrogen-bond donors (Lipinski definition) is 6. The molecule has 0 saturated heterocycles. The van der Waals surface area contributed by atoms with Gasteiger partial charge in [-0.25, -0.2) is 14.4 Å². The van der Waals surface area contributed by atoms with Gasteiger partial charge in [0.25, 0.3) is 0 Å². The Balaban J connectivity index is 0. The van der Waals surface area contributed by atoms with E-state index in [-0.39, 0.29) is 0 Å². The first kappa shape index (κ1) is 25.7. The van der Waals surface area contributed by atoms with E-state index in [9.17, 15) is 0 Å². The minimum atomic E-state index is -1.14. The molecule has 0 radical (unpaired) electrons. The summed E-state index contributed by atoms with van der Waals surface area (Å²) in [6.45, 7) is 0. The molecule has 0 fully saturated rings. The Hall–Kier alpha value is -2.50. The van der Waals surface area contributed by atoms with E-state index in [4.69, 9.17) is 29.7 Å². The Bertz CT molecular complexity index is 602. The average Bonchev–Trinajstić information content (AvgIpc) is 2.53. The molecule has 0 aliphatic rings. The molecule has 26 heavy (non-hydrogen) atoms. The summed E-state index contributed by atoms with van der Waals surface area (Å²) in [5.74, 6) is 0. The predicted molar refractivity (Wildman–Crippen MR) is 108 cm³/mol. The lowest BCUT2D eigenvalue weighted by Gasteiger charge is -1.91. The maximum absolute atomic E-state index is 8.86. The number of thiol groups is 3. The molecule has 11 heteroatoms. The highest BCUT2D eigenvalue weighted by Gasteiger charge is 1.86. The third kappa shape index (κ3) is 26.4. The van der Waals surface area contributed by atoms with Crippen LogP contribution in [-0.4, -0.2) is 31.2 Å². The van der Waals surface area contributed by atoms with E-state index in [1.807, 2.05) is 60.7 Å². The Morgan fingerprint density at radius 3 is 0.962 bits per heavy atom. The number of hydrogen-bond acceptors (Lipinski definition) is 5. The van der Waals surface area contributed by atoms with Crippen molar-refractivity contribution in [1.29, 1.82) is 0 Å². The van der Waals surface area contributed by atoms with Crippen LogP contribution < -0.4 is 0 Å². The van der Waals surface area contributed by atoms with Gasteiger partial charge in [0.1, 0.15) is 0 Å². The zero-order valence-corrected chi connectivity index (χ0v) is 15.8. The number of nitrogens with zero attached hydrogens (tertiary/aromatic N) is 2. The number of carbonyl (C=O) groups is 3. The smallest absolute Gasteiger partial charge is 0.361 e. The Kier molecular flexibility index (Phi) is 17.2. The van der Waals surface area contributed by atoms with Gasteiger partial charge >= 0.3 is 15.9 Å². The Morgan fingerprint density at radius 1 is 0.577 bits per heavy atom. The van der Waals surface area contributed by atoms with Crippen LogP contribution in [0.25, 0.3) is 0 Å². The summed E-state index contributed by atoms with van der Waals surface area (Å²) < 4.78 is 0. The van der Waals surface area contributed by atoms with Crippen LogP contribution in [0.5, 0.6) is 0 Å². The molecule has 0 saturated carbocycles. The number of azo groups is 1. The highest BCUT2D eigenvalue weighted by Crippen LogP contribution is 2.16. The zero-order valence-electron chi connectivity index (χ0n) is 13.1. The summed E-state index contributed by atoms with van der Waals surface area (Å²) in [5.41, 5.74) is 1.74. The molecule has 2 aromatic rings. The minimum Gasteiger partial charge on any atom is -0.473 e. The van der Waals surface area contributed by atoms with Crippen LogP contribution in [0.4, 0.5) is 25.8 Å². The van der Waals surface area contributed by atoms with E-state index in [0.29, 0.717) is 0 Å². The molecule has 0 aromatic heterocycles. The minimum absolute atomic E-state index is 0.872. The van der Waals surface area contributed by atoms with Gasteiger partial charge < -0.3 is 15.3 Å². The van der Waals surface area contributed by atoms with Crippen molar-refractivity contribution in [3.8, 4) is 0 Å². The summed E-state index contributed by atoms with van der Waals surface area (Å²) in [6, 6.07) is 19.4. The fourth-order valence-electron chi connectivity index (χ4n) is 1.10. The highest BCUT2D eigenvalue weighted by molar-refractivity contribution is 7.96. The molecule has 0 atom stereocenters. The topological polar surface area (TPSA) is 137 Å². The second-order valence-electron chi connectivity index (χ2n) is 3.72. The van der Waals surface area contributed by atoms with Crippen LogP contribution in [0.2, 0.25) is 0 Å². The molecule has 0 bridgehead atoms. The molecule has 8 nitrogen and oxygen atoms in total. The quantitative estimate of drug-likeness (QED) is 0.267. The Labute approximate surface area is 165 Å². The van der Waals surface area contributed by atoms with Gasteiger partial charge in [0.2, 0.25) is 0 Å².